The van der Waals surface area contributed by atoms with Crippen molar-refractivity contribution in [1.29, 1.82) is 0 Å². The molecule has 0 heterocycles. The van der Waals surface area contributed by atoms with Gasteiger partial charge in [0.2, 0.25) is 10.0 Å². The van der Waals surface area contributed by atoms with E-state index in [0.717, 1.165) is 11.6 Å². The lowest BCUT2D eigenvalue weighted by atomic mass is 9.84. The van der Waals surface area contributed by atoms with Crippen LogP contribution in [0.15, 0.2) is 24.3 Å². The monoisotopic (exact) mass is 310 g/mol. The molecular formula is C16H26N2O2S. The molecule has 21 heavy (non-hydrogen) atoms. The van der Waals surface area contributed by atoms with Gasteiger partial charge in [-0.15, -0.1) is 0 Å². The van der Waals surface area contributed by atoms with E-state index in [1.165, 1.54) is 32.1 Å². The van der Waals surface area contributed by atoms with Gasteiger partial charge in [0.05, 0.1) is 5.75 Å². The zero-order valence-electron chi connectivity index (χ0n) is 12.9. The van der Waals surface area contributed by atoms with E-state index < -0.39 is 10.0 Å². The summed E-state index contributed by atoms with van der Waals surface area (Å²) in [6.45, 7) is 3.90. The molecule has 1 aliphatic rings. The Morgan fingerprint density at radius 3 is 2.38 bits per heavy atom. The van der Waals surface area contributed by atoms with Crippen molar-refractivity contribution in [3.63, 3.8) is 0 Å². The first-order valence-electron chi connectivity index (χ1n) is 7.89. The quantitative estimate of drug-likeness (QED) is 0.839. The van der Waals surface area contributed by atoms with Crippen LogP contribution in [0.1, 0.15) is 46.0 Å². The Morgan fingerprint density at radius 1 is 1.10 bits per heavy atom. The lowest BCUT2D eigenvalue weighted by Crippen LogP contribution is -2.27. The number of hydrogen-bond donors (Lipinski definition) is 2. The van der Waals surface area contributed by atoms with Gasteiger partial charge in [-0.2, -0.15) is 0 Å². The maximum atomic E-state index is 11.5. The van der Waals surface area contributed by atoms with E-state index in [9.17, 15) is 8.42 Å². The zero-order valence-corrected chi connectivity index (χ0v) is 13.7. The van der Waals surface area contributed by atoms with Crippen molar-refractivity contribution in [3.05, 3.63) is 24.3 Å². The Bertz CT molecular complexity index is 540. The molecule has 0 bridgehead atoms. The predicted octanol–water partition coefficient (Wildman–Crippen LogP) is 3.83. The minimum atomic E-state index is -3.19. The summed E-state index contributed by atoms with van der Waals surface area (Å²) in [6, 6.07) is 8.07. The van der Waals surface area contributed by atoms with Gasteiger partial charge in [-0.05, 0) is 49.9 Å². The van der Waals surface area contributed by atoms with Gasteiger partial charge in [-0.1, -0.05) is 26.2 Å². The van der Waals surface area contributed by atoms with Gasteiger partial charge in [0, 0.05) is 17.4 Å². The largest absolute Gasteiger partial charge is 0.382 e. The van der Waals surface area contributed by atoms with Gasteiger partial charge >= 0.3 is 0 Å². The van der Waals surface area contributed by atoms with Crippen LogP contribution in [0.5, 0.6) is 0 Å². The van der Waals surface area contributed by atoms with Crippen molar-refractivity contribution in [3.8, 4) is 0 Å². The van der Waals surface area contributed by atoms with Gasteiger partial charge < -0.3 is 5.32 Å². The van der Waals surface area contributed by atoms with Crippen molar-refractivity contribution >= 4 is 21.4 Å². The molecule has 2 N–H and O–H groups in total. The highest BCUT2D eigenvalue weighted by atomic mass is 32.2. The molecule has 4 nitrogen and oxygen atoms in total. The Kier molecular flexibility index (Phi) is 5.51. The molecule has 1 aromatic carbocycles. The first-order valence-corrected chi connectivity index (χ1v) is 9.54. The van der Waals surface area contributed by atoms with E-state index in [1.54, 1.807) is 6.92 Å². The lowest BCUT2D eigenvalue weighted by molar-refractivity contribution is 0.327. The number of anilines is 2. The van der Waals surface area contributed by atoms with Crippen LogP contribution in [-0.2, 0) is 10.0 Å². The molecule has 1 fully saturated rings. The van der Waals surface area contributed by atoms with Crippen molar-refractivity contribution in [2.75, 3.05) is 15.8 Å². The molecule has 0 radical (unpaired) electrons. The average Bonchev–Trinajstić information content (AvgIpc) is 2.49. The van der Waals surface area contributed by atoms with Crippen LogP contribution in [0, 0.1) is 5.92 Å². The Hall–Kier alpha value is -1.23. The van der Waals surface area contributed by atoms with Crippen molar-refractivity contribution in [1.82, 2.24) is 0 Å². The van der Waals surface area contributed by atoms with Crippen LogP contribution in [0.4, 0.5) is 11.4 Å². The topological polar surface area (TPSA) is 58.2 Å². The molecule has 2 unspecified atom stereocenters. The fraction of sp³-hybridized carbons (Fsp3) is 0.625. The highest BCUT2D eigenvalue weighted by Gasteiger charge is 2.20. The maximum Gasteiger partial charge on any atom is 0.232 e. The Labute approximate surface area is 128 Å². The predicted molar refractivity (Wildman–Crippen MR) is 89.2 cm³/mol. The molecule has 0 aromatic heterocycles. The third-order valence-electron chi connectivity index (χ3n) is 4.27. The molecule has 118 valence electrons. The highest BCUT2D eigenvalue weighted by molar-refractivity contribution is 7.92. The van der Waals surface area contributed by atoms with E-state index in [0.29, 0.717) is 11.7 Å². The van der Waals surface area contributed by atoms with Crippen LogP contribution in [0.3, 0.4) is 0 Å². The van der Waals surface area contributed by atoms with Gasteiger partial charge in [0.25, 0.3) is 0 Å². The minimum Gasteiger partial charge on any atom is -0.382 e. The summed E-state index contributed by atoms with van der Waals surface area (Å²) in [5.41, 5.74) is 1.69. The van der Waals surface area contributed by atoms with Crippen LogP contribution in [0.2, 0.25) is 0 Å². The van der Waals surface area contributed by atoms with Crippen LogP contribution in [-0.4, -0.2) is 20.2 Å². The zero-order chi connectivity index (χ0) is 15.3. The normalized spacial score (nSPS) is 22.8. The van der Waals surface area contributed by atoms with Crippen molar-refractivity contribution in [2.24, 2.45) is 5.92 Å². The summed E-state index contributed by atoms with van der Waals surface area (Å²) in [4.78, 5) is 0. The molecule has 1 aliphatic carbocycles. The minimum absolute atomic E-state index is 0.0908. The smallest absolute Gasteiger partial charge is 0.232 e. The molecule has 0 spiro atoms. The van der Waals surface area contributed by atoms with Gasteiger partial charge in [-0.25, -0.2) is 8.42 Å². The lowest BCUT2D eigenvalue weighted by Gasteiger charge is -2.29. The summed E-state index contributed by atoms with van der Waals surface area (Å²) >= 11 is 0. The SMILES string of the molecule is CCC1CCCC(Nc2ccc(NS(=O)(=O)CC)cc2)C1. The standard InChI is InChI=1S/C16H26N2O2S/c1-3-13-6-5-7-16(12-13)17-14-8-10-15(11-9-14)18-21(19,20)4-2/h8-11,13,16-18H,3-7,12H2,1-2H3. The summed E-state index contributed by atoms with van der Waals surface area (Å²) in [6.07, 6.45) is 6.37. The van der Waals surface area contributed by atoms with Gasteiger partial charge in [0.1, 0.15) is 0 Å². The second-order valence-electron chi connectivity index (χ2n) is 5.86. The molecule has 1 saturated carbocycles. The number of rotatable bonds is 6. The third kappa shape index (κ3) is 4.92. The number of hydrogen-bond acceptors (Lipinski definition) is 3. The fourth-order valence-electron chi connectivity index (χ4n) is 2.91. The van der Waals surface area contributed by atoms with E-state index in [-0.39, 0.29) is 5.75 Å². The molecule has 0 saturated heterocycles. The molecule has 0 aliphatic heterocycles. The molecule has 2 rings (SSSR count). The Balaban J connectivity index is 1.93. The second-order valence-corrected chi connectivity index (χ2v) is 7.88. The number of sulfonamides is 1. The third-order valence-corrected chi connectivity index (χ3v) is 5.58. The van der Waals surface area contributed by atoms with Crippen LogP contribution < -0.4 is 10.0 Å². The second kappa shape index (κ2) is 7.16. The van der Waals surface area contributed by atoms with Crippen molar-refractivity contribution in [2.45, 2.75) is 52.0 Å². The summed E-state index contributed by atoms with van der Waals surface area (Å²) in [7, 11) is -3.19. The van der Waals surface area contributed by atoms with Crippen LogP contribution >= 0.6 is 0 Å². The maximum absolute atomic E-state index is 11.5. The van der Waals surface area contributed by atoms with Crippen LogP contribution in [0.25, 0.3) is 0 Å². The molecule has 1 aromatic rings. The van der Waals surface area contributed by atoms with E-state index in [2.05, 4.69) is 17.0 Å². The average molecular weight is 310 g/mol. The van der Waals surface area contributed by atoms with Gasteiger partial charge in [-0.3, -0.25) is 4.72 Å². The molecule has 2 atom stereocenters. The molecular weight excluding hydrogens is 284 g/mol. The van der Waals surface area contributed by atoms with E-state index in [1.807, 2.05) is 24.3 Å². The summed E-state index contributed by atoms with van der Waals surface area (Å²) in [5.74, 6) is 0.930. The molecule has 5 heteroatoms. The number of benzene rings is 1. The van der Waals surface area contributed by atoms with E-state index in [4.69, 9.17) is 0 Å². The summed E-state index contributed by atoms with van der Waals surface area (Å²) < 4.78 is 25.6. The first-order chi connectivity index (χ1) is 10.0. The number of nitrogens with one attached hydrogen (secondary N) is 2. The Morgan fingerprint density at radius 2 is 1.76 bits per heavy atom. The fourth-order valence-corrected chi connectivity index (χ4v) is 3.55. The van der Waals surface area contributed by atoms with E-state index >= 15 is 0 Å². The molecule has 0 amide bonds. The highest BCUT2D eigenvalue weighted by Crippen LogP contribution is 2.29. The summed E-state index contributed by atoms with van der Waals surface area (Å²) in [5, 5.41) is 3.57. The van der Waals surface area contributed by atoms with Crippen molar-refractivity contribution < 1.29 is 8.42 Å². The first kappa shape index (κ1) is 16.1. The van der Waals surface area contributed by atoms with Gasteiger partial charge in [0.15, 0.2) is 0 Å².